The van der Waals surface area contributed by atoms with Crippen molar-refractivity contribution in [3.63, 3.8) is 0 Å². The number of pyridine rings is 1. The molecule has 1 unspecified atom stereocenters. The summed E-state index contributed by atoms with van der Waals surface area (Å²) in [6, 6.07) is 15.1. The number of hydrogen-bond acceptors (Lipinski definition) is 17. The van der Waals surface area contributed by atoms with Crippen molar-refractivity contribution in [3.05, 3.63) is 94.0 Å². The fourth-order valence-electron chi connectivity index (χ4n) is 6.86. The Labute approximate surface area is 371 Å². The van der Waals surface area contributed by atoms with E-state index in [0.29, 0.717) is 107 Å². The van der Waals surface area contributed by atoms with Gasteiger partial charge < -0.3 is 43.5 Å². The van der Waals surface area contributed by atoms with E-state index < -0.39 is 29.7 Å². The minimum atomic E-state index is -1.01. The normalized spacial score (nSPS) is 15.0. The molecular weight excluding hydrogens is 849 g/mol. The molecule has 1 saturated heterocycles. The van der Waals surface area contributed by atoms with Crippen molar-refractivity contribution in [2.24, 2.45) is 7.05 Å². The summed E-state index contributed by atoms with van der Waals surface area (Å²) in [5.74, 6) is -1.70. The van der Waals surface area contributed by atoms with Crippen LogP contribution in [0.2, 0.25) is 0 Å². The third-order valence-corrected chi connectivity index (χ3v) is 10.2. The summed E-state index contributed by atoms with van der Waals surface area (Å²) in [5, 5.41) is 10.1. The molecule has 0 aliphatic carbocycles. The number of aryl methyl sites for hydroxylation is 1. The maximum absolute atomic E-state index is 13.3. The molecule has 21 nitrogen and oxygen atoms in total. The number of likely N-dealkylation sites (tertiary alicyclic amines) is 1. The van der Waals surface area contributed by atoms with Crippen LogP contribution >= 0.6 is 0 Å². The van der Waals surface area contributed by atoms with Crippen molar-refractivity contribution >= 4 is 52.0 Å². The summed E-state index contributed by atoms with van der Waals surface area (Å²) in [4.78, 5) is 86.1. The summed E-state index contributed by atoms with van der Waals surface area (Å²) >= 11 is 0. The lowest BCUT2D eigenvalue weighted by Crippen LogP contribution is -2.54. The van der Waals surface area contributed by atoms with Crippen LogP contribution in [0.25, 0.3) is 22.7 Å². The largest absolute Gasteiger partial charge is 0.490 e. The summed E-state index contributed by atoms with van der Waals surface area (Å²) in [5.41, 5.74) is 2.73. The maximum atomic E-state index is 13.3. The van der Waals surface area contributed by atoms with Gasteiger partial charge in [0.2, 0.25) is 11.8 Å². The Kier molecular flexibility index (Phi) is 15.7. The van der Waals surface area contributed by atoms with Crippen LogP contribution in [0.5, 0.6) is 5.75 Å². The van der Waals surface area contributed by atoms with Crippen LogP contribution < -0.4 is 20.9 Å². The number of fused-ring (bicyclic) bond motifs is 2. The van der Waals surface area contributed by atoms with E-state index in [2.05, 4.69) is 25.7 Å². The summed E-state index contributed by atoms with van der Waals surface area (Å²) < 4.78 is 40.4. The molecule has 21 heteroatoms. The number of carbonyl (C=O) groups is 5. The van der Waals surface area contributed by atoms with E-state index in [1.165, 1.54) is 37.1 Å². The molecule has 342 valence electrons. The van der Waals surface area contributed by atoms with Gasteiger partial charge in [0.25, 0.3) is 29.2 Å². The lowest BCUT2D eigenvalue weighted by molar-refractivity contribution is -0.149. The van der Waals surface area contributed by atoms with Gasteiger partial charge in [0.15, 0.2) is 5.58 Å². The first-order valence-electron chi connectivity index (χ1n) is 20.9. The van der Waals surface area contributed by atoms with Gasteiger partial charge in [-0.25, -0.2) is 14.6 Å². The fraction of sp³-hybridized carbons (Fsp3) is 0.386. The number of imide groups is 2. The molecule has 65 heavy (non-hydrogen) atoms. The summed E-state index contributed by atoms with van der Waals surface area (Å²) in [6.07, 6.45) is 1.64. The summed E-state index contributed by atoms with van der Waals surface area (Å²) in [7, 11) is 2.89. The summed E-state index contributed by atoms with van der Waals surface area (Å²) in [6.45, 7) is 4.33. The number of nitrogens with zero attached hydrogens (tertiary/aromatic N) is 6. The number of likely N-dealkylation sites (N-methyl/N-ethyl adjacent to an activating group) is 1. The van der Waals surface area contributed by atoms with Crippen molar-refractivity contribution in [2.45, 2.75) is 18.9 Å². The Bertz CT molecular complexity index is 2560. The zero-order valence-corrected chi connectivity index (χ0v) is 35.8. The van der Waals surface area contributed by atoms with Crippen LogP contribution in [0.3, 0.4) is 0 Å². The Hall–Kier alpha value is -6.91. The number of oxazole rings is 1. The average molecular weight is 897 g/mol. The lowest BCUT2D eigenvalue weighted by Gasteiger charge is -2.32. The number of amides is 5. The number of nitrogens with one attached hydrogen (secondary N) is 2. The van der Waals surface area contributed by atoms with Crippen molar-refractivity contribution in [1.29, 1.82) is 0 Å². The minimum Gasteiger partial charge on any atom is -0.490 e. The van der Waals surface area contributed by atoms with Gasteiger partial charge in [-0.2, -0.15) is 5.10 Å². The van der Waals surface area contributed by atoms with Gasteiger partial charge in [0.05, 0.1) is 83.4 Å². The Morgan fingerprint density at radius 3 is 2.15 bits per heavy atom. The molecule has 3 aromatic heterocycles. The number of anilines is 2. The number of hydrogen-bond donors (Lipinski definition) is 2. The third-order valence-electron chi connectivity index (χ3n) is 10.2. The van der Waals surface area contributed by atoms with Crippen LogP contribution in [-0.2, 0) is 40.3 Å². The molecule has 0 radical (unpaired) electrons. The highest BCUT2D eigenvalue weighted by Crippen LogP contribution is 2.33. The highest BCUT2D eigenvalue weighted by Gasteiger charge is 2.47. The molecule has 2 N–H and O–H groups in total. The Morgan fingerprint density at radius 1 is 0.785 bits per heavy atom. The highest BCUT2D eigenvalue weighted by atomic mass is 16.6. The van der Waals surface area contributed by atoms with Crippen LogP contribution in [0, 0.1) is 0 Å². The predicted octanol–water partition coefficient (Wildman–Crippen LogP) is 2.55. The molecule has 5 amide bonds. The fourth-order valence-corrected chi connectivity index (χ4v) is 6.86. The lowest BCUT2D eigenvalue weighted by atomic mass is 10.0. The zero-order chi connectivity index (χ0) is 45.7. The Morgan fingerprint density at radius 2 is 1.48 bits per heavy atom. The molecule has 5 heterocycles. The van der Waals surface area contributed by atoms with Crippen LogP contribution in [0.15, 0.2) is 76.1 Å². The SMILES string of the molecule is CN1C(=O)CCC(N2C(=O)c3cccc(NCCOCCOCCOCCOCCOCCOc4ccc(C(=O)Nc5ccc6oc(-c7ccc(=O)n(C)n7)nc6c5)nc4)c3C2=O)C1=O. The molecule has 1 fully saturated rings. The number of carbonyl (C=O) groups excluding carboxylic acids is 5. The topological polar surface area (TPSA) is 245 Å². The molecule has 5 aromatic rings. The first kappa shape index (κ1) is 46.1. The number of benzene rings is 2. The van der Waals surface area contributed by atoms with Crippen molar-refractivity contribution < 1.29 is 56.8 Å². The van der Waals surface area contributed by atoms with Gasteiger partial charge in [-0.05, 0) is 55.0 Å². The second kappa shape index (κ2) is 22.1. The molecule has 2 aromatic carbocycles. The Balaban J connectivity index is 0.667. The van der Waals surface area contributed by atoms with Gasteiger partial charge in [-0.15, -0.1) is 0 Å². The number of piperidine rings is 1. The molecule has 7 rings (SSSR count). The molecule has 1 atom stereocenters. The molecule has 0 bridgehead atoms. The number of aromatic nitrogens is 4. The molecule has 0 saturated carbocycles. The average Bonchev–Trinajstić information content (AvgIpc) is 3.85. The van der Waals surface area contributed by atoms with E-state index in [0.717, 1.165) is 9.80 Å². The van der Waals surface area contributed by atoms with Gasteiger partial charge in [-0.1, -0.05) is 6.07 Å². The van der Waals surface area contributed by atoms with Crippen LogP contribution in [0.4, 0.5) is 11.4 Å². The molecule has 2 aliphatic heterocycles. The van der Waals surface area contributed by atoms with Gasteiger partial charge >= 0.3 is 0 Å². The maximum Gasteiger partial charge on any atom is 0.274 e. The zero-order valence-electron chi connectivity index (χ0n) is 35.8. The minimum absolute atomic E-state index is 0.0783. The molecule has 0 spiro atoms. The second-order valence-corrected chi connectivity index (χ2v) is 14.6. The van der Waals surface area contributed by atoms with Crippen molar-refractivity contribution in [2.75, 3.05) is 96.9 Å². The van der Waals surface area contributed by atoms with E-state index >= 15 is 0 Å². The first-order valence-corrected chi connectivity index (χ1v) is 20.9. The third kappa shape index (κ3) is 11.6. The van der Waals surface area contributed by atoms with Crippen LogP contribution in [-0.4, -0.2) is 151 Å². The van der Waals surface area contributed by atoms with E-state index in [1.807, 2.05) is 0 Å². The van der Waals surface area contributed by atoms with Gasteiger partial charge in [0.1, 0.15) is 35.3 Å². The van der Waals surface area contributed by atoms with E-state index in [1.54, 1.807) is 48.5 Å². The first-order chi connectivity index (χ1) is 31.6. The highest BCUT2D eigenvalue weighted by molar-refractivity contribution is 6.25. The number of ether oxygens (including phenoxy) is 6. The van der Waals surface area contributed by atoms with Crippen molar-refractivity contribution in [1.82, 2.24) is 29.5 Å². The van der Waals surface area contributed by atoms with Crippen molar-refractivity contribution in [3.8, 4) is 17.3 Å². The van der Waals surface area contributed by atoms with E-state index in [-0.39, 0.29) is 53.6 Å². The molecular formula is C44H48N8O13. The smallest absolute Gasteiger partial charge is 0.274 e. The van der Waals surface area contributed by atoms with E-state index in [4.69, 9.17) is 32.8 Å². The monoisotopic (exact) mass is 896 g/mol. The van der Waals surface area contributed by atoms with Gasteiger partial charge in [0, 0.05) is 44.5 Å². The van der Waals surface area contributed by atoms with Crippen LogP contribution in [0.1, 0.15) is 44.0 Å². The van der Waals surface area contributed by atoms with E-state index in [9.17, 15) is 28.8 Å². The number of rotatable bonds is 24. The molecule has 2 aliphatic rings. The van der Waals surface area contributed by atoms with Gasteiger partial charge in [-0.3, -0.25) is 38.6 Å². The quantitative estimate of drug-likeness (QED) is 0.0668. The second-order valence-electron chi connectivity index (χ2n) is 14.6. The standard InChI is InChI=1S/C44H48N8O13/c1-50-37(53)13-10-35(43(50)57)52-42(56)30-4-3-5-31(39(30)44(52)58)45-14-15-59-16-17-60-18-19-61-20-21-62-22-23-63-24-25-64-29-7-8-32(46-27-29)40(55)47-28-6-11-36-34(26-28)48-41(65-36)33-9-12-38(54)51(2)49-33/h3-9,11-12,26-27,35,45H,10,13-25H2,1-2H3,(H,47,55). The predicted molar refractivity (Wildman–Crippen MR) is 230 cm³/mol.